The molecule has 0 bridgehead atoms. The van der Waals surface area contributed by atoms with E-state index in [2.05, 4.69) is 10.2 Å². The molecule has 0 amide bonds. The summed E-state index contributed by atoms with van der Waals surface area (Å²) in [6.45, 7) is 7.86. The molecule has 0 spiro atoms. The summed E-state index contributed by atoms with van der Waals surface area (Å²) in [5, 5.41) is 8.55. The molecule has 0 radical (unpaired) electrons. The fourth-order valence-electron chi connectivity index (χ4n) is 1.23. The average Bonchev–Trinajstić information content (AvgIpc) is 2.51. The standard InChI is InChI=1S/C8H8ClN3.C2H6/c1-5-3-7(9)12-6(2)10-11-8(12)4-5;1-2/h3-4H,1-2H3;1-2H3. The summed E-state index contributed by atoms with van der Waals surface area (Å²) in [6, 6.07) is 3.84. The number of rotatable bonds is 0. The first-order valence-corrected chi connectivity index (χ1v) is 5.04. The van der Waals surface area contributed by atoms with Crippen molar-refractivity contribution in [2.45, 2.75) is 27.7 Å². The summed E-state index contributed by atoms with van der Waals surface area (Å²) in [6.07, 6.45) is 0. The first kappa shape index (κ1) is 11.0. The van der Waals surface area contributed by atoms with Gasteiger partial charge >= 0.3 is 0 Å². The predicted molar refractivity (Wildman–Crippen MR) is 58.8 cm³/mol. The SMILES string of the molecule is CC.Cc1cc(Cl)n2c(C)nnc2c1. The van der Waals surface area contributed by atoms with E-state index in [4.69, 9.17) is 11.6 Å². The predicted octanol–water partition coefficient (Wildman–Crippen LogP) is 3.03. The minimum absolute atomic E-state index is 0.660. The Hall–Kier alpha value is -1.09. The third kappa shape index (κ3) is 1.87. The highest BCUT2D eigenvalue weighted by Gasteiger charge is 2.04. The molecule has 2 aromatic rings. The van der Waals surface area contributed by atoms with Crippen LogP contribution < -0.4 is 0 Å². The number of hydrogen-bond donors (Lipinski definition) is 0. The van der Waals surface area contributed by atoms with E-state index in [0.29, 0.717) is 5.15 Å². The molecular formula is C10H14ClN3. The van der Waals surface area contributed by atoms with Gasteiger partial charge in [0.25, 0.3) is 0 Å². The van der Waals surface area contributed by atoms with Crippen molar-refractivity contribution in [3.63, 3.8) is 0 Å². The van der Waals surface area contributed by atoms with Gasteiger partial charge in [-0.25, -0.2) is 0 Å². The van der Waals surface area contributed by atoms with Crippen LogP contribution in [0.1, 0.15) is 25.2 Å². The second-order valence-electron chi connectivity index (χ2n) is 2.80. The largest absolute Gasteiger partial charge is 0.269 e. The van der Waals surface area contributed by atoms with Crippen LogP contribution >= 0.6 is 11.6 Å². The van der Waals surface area contributed by atoms with E-state index in [9.17, 15) is 0 Å². The Morgan fingerprint density at radius 3 is 2.43 bits per heavy atom. The summed E-state index contributed by atoms with van der Waals surface area (Å²) < 4.78 is 1.81. The van der Waals surface area contributed by atoms with Gasteiger partial charge in [0.05, 0.1) is 0 Å². The molecule has 0 aliphatic heterocycles. The van der Waals surface area contributed by atoms with E-state index in [0.717, 1.165) is 17.0 Å². The third-order valence-electron chi connectivity index (χ3n) is 1.77. The van der Waals surface area contributed by atoms with Crippen LogP contribution in [0.2, 0.25) is 5.15 Å². The Morgan fingerprint density at radius 1 is 1.14 bits per heavy atom. The lowest BCUT2D eigenvalue weighted by Crippen LogP contribution is -1.90. The van der Waals surface area contributed by atoms with Crippen LogP contribution in [-0.4, -0.2) is 14.6 Å². The maximum Gasteiger partial charge on any atom is 0.162 e. The highest BCUT2D eigenvalue weighted by Crippen LogP contribution is 2.15. The van der Waals surface area contributed by atoms with Crippen molar-refractivity contribution >= 4 is 17.2 Å². The first-order chi connectivity index (χ1) is 6.68. The van der Waals surface area contributed by atoms with Crippen molar-refractivity contribution in [3.05, 3.63) is 28.7 Å². The number of aryl methyl sites for hydroxylation is 2. The van der Waals surface area contributed by atoms with Gasteiger partial charge in [0, 0.05) is 0 Å². The summed E-state index contributed by atoms with van der Waals surface area (Å²) in [5.74, 6) is 0.815. The quantitative estimate of drug-likeness (QED) is 0.627. The van der Waals surface area contributed by atoms with Crippen molar-refractivity contribution in [1.82, 2.24) is 14.6 Å². The lowest BCUT2D eigenvalue weighted by molar-refractivity contribution is 1.01. The molecule has 0 atom stereocenters. The second kappa shape index (κ2) is 4.42. The number of aromatic nitrogens is 3. The molecule has 2 heterocycles. The van der Waals surface area contributed by atoms with Crippen molar-refractivity contribution in [2.24, 2.45) is 0 Å². The molecule has 0 aliphatic rings. The van der Waals surface area contributed by atoms with Gasteiger partial charge in [0.1, 0.15) is 11.0 Å². The zero-order chi connectivity index (χ0) is 10.7. The van der Waals surface area contributed by atoms with Crippen LogP contribution in [0, 0.1) is 13.8 Å². The maximum absolute atomic E-state index is 5.99. The summed E-state index contributed by atoms with van der Waals surface area (Å²) >= 11 is 5.99. The van der Waals surface area contributed by atoms with Gasteiger partial charge in [-0.3, -0.25) is 4.40 Å². The van der Waals surface area contributed by atoms with E-state index in [1.807, 2.05) is 44.2 Å². The summed E-state index contributed by atoms with van der Waals surface area (Å²) in [4.78, 5) is 0. The van der Waals surface area contributed by atoms with E-state index >= 15 is 0 Å². The van der Waals surface area contributed by atoms with Crippen LogP contribution in [0.5, 0.6) is 0 Å². The van der Waals surface area contributed by atoms with Gasteiger partial charge in [0.15, 0.2) is 5.65 Å². The van der Waals surface area contributed by atoms with Crippen LogP contribution in [0.4, 0.5) is 0 Å². The fourth-order valence-corrected chi connectivity index (χ4v) is 1.61. The number of fused-ring (bicyclic) bond motifs is 1. The monoisotopic (exact) mass is 211 g/mol. The normalized spacial score (nSPS) is 9.79. The Kier molecular flexibility index (Phi) is 3.47. The van der Waals surface area contributed by atoms with Crippen molar-refractivity contribution in [2.75, 3.05) is 0 Å². The molecule has 2 aromatic heterocycles. The van der Waals surface area contributed by atoms with E-state index in [1.54, 1.807) is 0 Å². The summed E-state index contributed by atoms with van der Waals surface area (Å²) in [7, 11) is 0. The number of pyridine rings is 1. The molecule has 2 rings (SSSR count). The Bertz CT molecular complexity index is 434. The van der Waals surface area contributed by atoms with Gasteiger partial charge in [-0.2, -0.15) is 0 Å². The third-order valence-corrected chi connectivity index (χ3v) is 2.05. The van der Waals surface area contributed by atoms with E-state index in [-0.39, 0.29) is 0 Å². The smallest absolute Gasteiger partial charge is 0.162 e. The Morgan fingerprint density at radius 2 is 1.79 bits per heavy atom. The van der Waals surface area contributed by atoms with Gasteiger partial charge in [0.2, 0.25) is 0 Å². The van der Waals surface area contributed by atoms with E-state index < -0.39 is 0 Å². The van der Waals surface area contributed by atoms with Crippen LogP contribution in [0.3, 0.4) is 0 Å². The van der Waals surface area contributed by atoms with Crippen molar-refractivity contribution in [3.8, 4) is 0 Å². The Labute approximate surface area is 88.7 Å². The van der Waals surface area contributed by atoms with Crippen molar-refractivity contribution in [1.29, 1.82) is 0 Å². The molecule has 76 valence electrons. The molecule has 0 N–H and O–H groups in total. The van der Waals surface area contributed by atoms with Gasteiger partial charge in [-0.05, 0) is 31.5 Å². The molecule has 14 heavy (non-hydrogen) atoms. The number of halogens is 1. The van der Waals surface area contributed by atoms with Gasteiger partial charge in [-0.15, -0.1) is 10.2 Å². The van der Waals surface area contributed by atoms with Gasteiger partial charge < -0.3 is 0 Å². The molecule has 0 fully saturated rings. The fraction of sp³-hybridized carbons (Fsp3) is 0.400. The van der Waals surface area contributed by atoms with Gasteiger partial charge in [-0.1, -0.05) is 25.4 Å². The van der Waals surface area contributed by atoms with E-state index in [1.165, 1.54) is 0 Å². The van der Waals surface area contributed by atoms with Crippen molar-refractivity contribution < 1.29 is 0 Å². The molecule has 0 unspecified atom stereocenters. The minimum Gasteiger partial charge on any atom is -0.269 e. The van der Waals surface area contributed by atoms with Crippen LogP contribution in [0.15, 0.2) is 12.1 Å². The lowest BCUT2D eigenvalue weighted by Gasteiger charge is -1.99. The minimum atomic E-state index is 0.660. The second-order valence-corrected chi connectivity index (χ2v) is 3.18. The maximum atomic E-state index is 5.99. The van der Waals surface area contributed by atoms with Crippen LogP contribution in [-0.2, 0) is 0 Å². The molecule has 0 aromatic carbocycles. The zero-order valence-corrected chi connectivity index (χ0v) is 9.63. The lowest BCUT2D eigenvalue weighted by atomic mass is 10.3. The molecule has 4 heteroatoms. The van der Waals surface area contributed by atoms with Crippen LogP contribution in [0.25, 0.3) is 5.65 Å². The number of hydrogen-bond acceptors (Lipinski definition) is 2. The molecule has 0 saturated carbocycles. The first-order valence-electron chi connectivity index (χ1n) is 4.66. The molecular weight excluding hydrogens is 198 g/mol. The average molecular weight is 212 g/mol. The Balaban J connectivity index is 0.000000461. The number of nitrogens with zero attached hydrogens (tertiary/aromatic N) is 3. The molecule has 3 nitrogen and oxygen atoms in total. The highest BCUT2D eigenvalue weighted by atomic mass is 35.5. The molecule has 0 aliphatic carbocycles. The topological polar surface area (TPSA) is 30.2 Å². The molecule has 0 saturated heterocycles. The highest BCUT2D eigenvalue weighted by molar-refractivity contribution is 6.29. The summed E-state index contributed by atoms with van der Waals surface area (Å²) in [5.41, 5.74) is 1.90. The zero-order valence-electron chi connectivity index (χ0n) is 8.87.